The lowest BCUT2D eigenvalue weighted by atomic mass is 10.4. The predicted molar refractivity (Wildman–Crippen MR) is 44.4 cm³/mol. The molecule has 12 heavy (non-hydrogen) atoms. The van der Waals surface area contributed by atoms with Crippen LogP contribution in [-0.4, -0.2) is 23.8 Å². The van der Waals surface area contributed by atoms with E-state index in [9.17, 15) is 4.79 Å². The van der Waals surface area contributed by atoms with Crippen molar-refractivity contribution in [3.05, 3.63) is 11.5 Å². The summed E-state index contributed by atoms with van der Waals surface area (Å²) in [6.45, 7) is 1.74. The zero-order valence-corrected chi connectivity index (χ0v) is 6.96. The molecule has 0 fully saturated rings. The Balaban J connectivity index is 3.02. The van der Waals surface area contributed by atoms with Crippen LogP contribution in [-0.2, 0) is 4.79 Å². The van der Waals surface area contributed by atoms with Gasteiger partial charge in [0, 0.05) is 7.05 Å². The highest BCUT2D eigenvalue weighted by atomic mass is 16.1. The first-order valence-corrected chi connectivity index (χ1v) is 3.37. The molecule has 0 saturated heterocycles. The van der Waals surface area contributed by atoms with Gasteiger partial charge in [-0.2, -0.15) is 0 Å². The SMILES string of the molecule is CC1=NC(C(N)=O)=C(N)NN1C. The van der Waals surface area contributed by atoms with Gasteiger partial charge in [-0.15, -0.1) is 0 Å². The summed E-state index contributed by atoms with van der Waals surface area (Å²) in [6, 6.07) is 0. The minimum atomic E-state index is -0.632. The molecule has 0 saturated carbocycles. The molecular formula is C6H11N5O. The van der Waals surface area contributed by atoms with Crippen LogP contribution in [0, 0.1) is 0 Å². The molecule has 0 atom stereocenters. The van der Waals surface area contributed by atoms with Crippen molar-refractivity contribution in [3.8, 4) is 0 Å². The van der Waals surface area contributed by atoms with E-state index in [-0.39, 0.29) is 11.5 Å². The maximum atomic E-state index is 10.7. The number of hydrogen-bond acceptors (Lipinski definition) is 5. The van der Waals surface area contributed by atoms with E-state index in [4.69, 9.17) is 11.5 Å². The minimum absolute atomic E-state index is 0.0746. The zero-order chi connectivity index (χ0) is 9.30. The number of hydrazine groups is 1. The lowest BCUT2D eigenvalue weighted by molar-refractivity contribution is -0.114. The van der Waals surface area contributed by atoms with Crippen LogP contribution in [0.15, 0.2) is 16.5 Å². The standard InChI is InChI=1S/C6H11N5O/c1-3-9-4(6(8)12)5(7)10-11(3)2/h10H,7H2,1-2H3,(H2,8,12). The number of nitrogens with two attached hydrogens (primary N) is 2. The van der Waals surface area contributed by atoms with Gasteiger partial charge in [0.1, 0.15) is 11.7 Å². The summed E-state index contributed by atoms with van der Waals surface area (Å²) in [6.07, 6.45) is 0. The lowest BCUT2D eigenvalue weighted by Crippen LogP contribution is -2.44. The van der Waals surface area contributed by atoms with E-state index in [2.05, 4.69) is 10.4 Å². The fraction of sp³-hybridized carbons (Fsp3) is 0.333. The third-order valence-electron chi connectivity index (χ3n) is 1.54. The summed E-state index contributed by atoms with van der Waals surface area (Å²) in [5, 5.41) is 1.60. The van der Waals surface area contributed by atoms with E-state index in [0.29, 0.717) is 5.84 Å². The number of carbonyl (C=O) groups excluding carboxylic acids is 1. The molecule has 6 heteroatoms. The number of nitrogens with zero attached hydrogens (tertiary/aromatic N) is 2. The number of nitrogens with one attached hydrogen (secondary N) is 1. The topological polar surface area (TPSA) is 96.7 Å². The van der Waals surface area contributed by atoms with Gasteiger partial charge in [0.2, 0.25) is 0 Å². The van der Waals surface area contributed by atoms with E-state index in [1.54, 1.807) is 19.0 Å². The second-order valence-corrected chi connectivity index (χ2v) is 2.46. The van der Waals surface area contributed by atoms with Crippen molar-refractivity contribution in [1.82, 2.24) is 10.4 Å². The zero-order valence-electron chi connectivity index (χ0n) is 6.96. The quantitative estimate of drug-likeness (QED) is 0.443. The average Bonchev–Trinajstić information content (AvgIpc) is 1.96. The highest BCUT2D eigenvalue weighted by molar-refractivity contribution is 5.96. The van der Waals surface area contributed by atoms with Crippen molar-refractivity contribution < 1.29 is 4.79 Å². The monoisotopic (exact) mass is 169 g/mol. The van der Waals surface area contributed by atoms with E-state index >= 15 is 0 Å². The molecule has 1 aliphatic heterocycles. The molecule has 1 rings (SSSR count). The summed E-state index contributed by atoms with van der Waals surface area (Å²) >= 11 is 0. The molecule has 0 aromatic rings. The molecule has 0 spiro atoms. The Morgan fingerprint density at radius 3 is 2.75 bits per heavy atom. The van der Waals surface area contributed by atoms with Gasteiger partial charge < -0.3 is 11.5 Å². The molecule has 66 valence electrons. The Bertz CT molecular complexity index is 280. The smallest absolute Gasteiger partial charge is 0.271 e. The van der Waals surface area contributed by atoms with Crippen LogP contribution in [0.25, 0.3) is 0 Å². The normalized spacial score (nSPS) is 17.2. The molecule has 1 amide bonds. The average molecular weight is 169 g/mol. The molecule has 0 aromatic heterocycles. The maximum Gasteiger partial charge on any atom is 0.271 e. The molecule has 0 unspecified atom stereocenters. The predicted octanol–water partition coefficient (Wildman–Crippen LogP) is -1.53. The van der Waals surface area contributed by atoms with Crippen LogP contribution in [0.4, 0.5) is 0 Å². The molecule has 5 N–H and O–H groups in total. The third-order valence-corrected chi connectivity index (χ3v) is 1.54. The van der Waals surface area contributed by atoms with Crippen LogP contribution in [0.3, 0.4) is 0 Å². The van der Waals surface area contributed by atoms with Crippen LogP contribution in [0.2, 0.25) is 0 Å². The highest BCUT2D eigenvalue weighted by Gasteiger charge is 2.16. The second kappa shape index (κ2) is 2.72. The second-order valence-electron chi connectivity index (χ2n) is 2.46. The van der Waals surface area contributed by atoms with Crippen LogP contribution in [0.5, 0.6) is 0 Å². The van der Waals surface area contributed by atoms with E-state index in [0.717, 1.165) is 0 Å². The molecule has 0 aliphatic carbocycles. The molecule has 1 heterocycles. The Morgan fingerprint density at radius 2 is 2.25 bits per heavy atom. The summed E-state index contributed by atoms with van der Waals surface area (Å²) in [4.78, 5) is 14.6. The van der Waals surface area contributed by atoms with Crippen molar-refractivity contribution in [2.45, 2.75) is 6.92 Å². The van der Waals surface area contributed by atoms with Crippen molar-refractivity contribution in [3.63, 3.8) is 0 Å². The van der Waals surface area contributed by atoms with Gasteiger partial charge in [-0.25, -0.2) is 4.99 Å². The minimum Gasteiger partial charge on any atom is -0.382 e. The van der Waals surface area contributed by atoms with Crippen LogP contribution in [0.1, 0.15) is 6.92 Å². The Hall–Kier alpha value is -1.72. The van der Waals surface area contributed by atoms with Gasteiger partial charge in [-0.05, 0) is 6.92 Å². The Kier molecular flexibility index (Phi) is 1.90. The fourth-order valence-corrected chi connectivity index (χ4v) is 0.799. The summed E-state index contributed by atoms with van der Waals surface area (Å²) < 4.78 is 0. The van der Waals surface area contributed by atoms with Gasteiger partial charge >= 0.3 is 0 Å². The highest BCUT2D eigenvalue weighted by Crippen LogP contribution is 2.05. The first kappa shape index (κ1) is 8.38. The van der Waals surface area contributed by atoms with E-state index in [1.165, 1.54) is 0 Å². The number of carbonyl (C=O) groups is 1. The molecule has 1 aliphatic rings. The fourth-order valence-electron chi connectivity index (χ4n) is 0.799. The van der Waals surface area contributed by atoms with E-state index < -0.39 is 5.91 Å². The van der Waals surface area contributed by atoms with Crippen molar-refractivity contribution in [2.75, 3.05) is 7.05 Å². The van der Waals surface area contributed by atoms with Crippen molar-refractivity contribution in [2.24, 2.45) is 16.5 Å². The van der Waals surface area contributed by atoms with Gasteiger partial charge in [-0.1, -0.05) is 0 Å². The van der Waals surface area contributed by atoms with Gasteiger partial charge in [-0.3, -0.25) is 15.2 Å². The van der Waals surface area contributed by atoms with Crippen LogP contribution >= 0.6 is 0 Å². The van der Waals surface area contributed by atoms with Crippen molar-refractivity contribution >= 4 is 11.7 Å². The van der Waals surface area contributed by atoms with Crippen molar-refractivity contribution in [1.29, 1.82) is 0 Å². The summed E-state index contributed by atoms with van der Waals surface area (Å²) in [5.74, 6) is 0.182. The number of hydrogen-bond donors (Lipinski definition) is 3. The Morgan fingerprint density at radius 1 is 1.67 bits per heavy atom. The number of amidine groups is 1. The van der Waals surface area contributed by atoms with E-state index in [1.807, 2.05) is 0 Å². The Labute approximate surface area is 69.9 Å². The third kappa shape index (κ3) is 1.31. The summed E-state index contributed by atoms with van der Waals surface area (Å²) in [7, 11) is 1.74. The molecule has 0 aromatic carbocycles. The molecule has 0 radical (unpaired) electrons. The first-order chi connectivity index (χ1) is 5.52. The van der Waals surface area contributed by atoms with Gasteiger partial charge in [0.15, 0.2) is 5.70 Å². The van der Waals surface area contributed by atoms with Gasteiger partial charge in [0.05, 0.1) is 0 Å². The number of amides is 1. The largest absolute Gasteiger partial charge is 0.382 e. The first-order valence-electron chi connectivity index (χ1n) is 3.37. The molecular weight excluding hydrogens is 158 g/mol. The lowest BCUT2D eigenvalue weighted by Gasteiger charge is -2.25. The maximum absolute atomic E-state index is 10.7. The van der Waals surface area contributed by atoms with Crippen LogP contribution < -0.4 is 16.9 Å². The summed E-state index contributed by atoms with van der Waals surface area (Å²) in [5.41, 5.74) is 13.3. The van der Waals surface area contributed by atoms with Gasteiger partial charge in [0.25, 0.3) is 5.91 Å². The number of rotatable bonds is 1. The number of aliphatic imine (C=N–C) groups is 1. The number of primary amides is 1. The molecule has 6 nitrogen and oxygen atoms in total. The molecule has 0 bridgehead atoms.